The van der Waals surface area contributed by atoms with E-state index in [2.05, 4.69) is 0 Å². The van der Waals surface area contributed by atoms with Crippen molar-refractivity contribution in [2.45, 2.75) is 35.1 Å². The Kier molecular flexibility index (Phi) is 6.13. The second-order valence-electron chi connectivity index (χ2n) is 3.46. The molecule has 0 aliphatic rings. The molecule has 0 aromatic rings. The third-order valence-electron chi connectivity index (χ3n) is 1.62. The minimum atomic E-state index is -1.00. The van der Waals surface area contributed by atoms with Crippen molar-refractivity contribution >= 4 is 33.9 Å². The molecule has 0 amide bonds. The third-order valence-corrected chi connectivity index (χ3v) is 2.09. The molecule has 5 heteroatoms. The van der Waals surface area contributed by atoms with Gasteiger partial charge < -0.3 is 0 Å². The van der Waals surface area contributed by atoms with E-state index in [1.165, 1.54) is 0 Å². The van der Waals surface area contributed by atoms with E-state index in [9.17, 15) is 9.90 Å². The Morgan fingerprint density at radius 2 is 2.17 bits per heavy atom. The first-order valence-electron chi connectivity index (χ1n) is 4.09. The average Bonchev–Trinajstić information content (AvgIpc) is 1.84. The fraction of sp³-hybridized carbons (Fsp3) is 0.857. The summed E-state index contributed by atoms with van der Waals surface area (Å²) >= 11 is 1.02. The number of carboxylic acids is 1. The minimum absolute atomic E-state index is 0.255. The van der Waals surface area contributed by atoms with E-state index in [4.69, 9.17) is 10.8 Å². The molecule has 0 saturated heterocycles. The number of carbonyl (C=O) groups is 1. The molecule has 0 bridgehead atoms. The molecule has 0 aliphatic heterocycles. The summed E-state index contributed by atoms with van der Waals surface area (Å²) in [5.41, 5.74) is 5.58. The van der Waals surface area contributed by atoms with Crippen LogP contribution in [0.15, 0.2) is 0 Å². The molecule has 66 valence electrons. The van der Waals surface area contributed by atoms with Gasteiger partial charge in [0.1, 0.15) is 0 Å². The van der Waals surface area contributed by atoms with Gasteiger partial charge in [0.2, 0.25) is 0 Å². The summed E-state index contributed by atoms with van der Waals surface area (Å²) in [6.45, 7) is 2.04. The Morgan fingerprint density at radius 3 is 2.50 bits per heavy atom. The summed E-state index contributed by atoms with van der Waals surface area (Å²) in [6.07, 6.45) is -0.449. The topological polar surface area (TPSA) is 83.5 Å². The van der Waals surface area contributed by atoms with Gasteiger partial charge in [-0.15, -0.1) is 0 Å². The predicted octanol–water partition coefficient (Wildman–Crippen LogP) is -0.484. The average molecular weight is 183 g/mol. The SMILES string of the molecule is C[CH]([Na])C[C@H](N)[C@@H](O)CC(=O)O. The van der Waals surface area contributed by atoms with Gasteiger partial charge in [-0.25, -0.2) is 0 Å². The van der Waals surface area contributed by atoms with Crippen LogP contribution in [0.4, 0.5) is 0 Å². The Balaban J connectivity index is 3.76. The van der Waals surface area contributed by atoms with E-state index in [-0.39, 0.29) is 6.42 Å². The normalized spacial score (nSPS) is 18.4. The van der Waals surface area contributed by atoms with E-state index in [1.807, 2.05) is 6.92 Å². The molecule has 0 aromatic heterocycles. The molecule has 0 radical (unpaired) electrons. The van der Waals surface area contributed by atoms with Crippen LogP contribution in [-0.2, 0) is 4.79 Å². The van der Waals surface area contributed by atoms with Crippen LogP contribution in [0.3, 0.4) is 0 Å². The number of aliphatic hydroxyl groups excluding tert-OH is 1. The molecular formula is C7H14NNaO3. The molecule has 1 unspecified atom stereocenters. The van der Waals surface area contributed by atoms with Crippen molar-refractivity contribution in [2.24, 2.45) is 5.73 Å². The van der Waals surface area contributed by atoms with Gasteiger partial charge in [0.05, 0.1) is 0 Å². The molecule has 0 aromatic carbocycles. The zero-order valence-electron chi connectivity index (χ0n) is 7.53. The predicted molar refractivity (Wildman–Crippen MR) is 46.0 cm³/mol. The summed E-state index contributed by atoms with van der Waals surface area (Å²) < 4.78 is 0.517. The second-order valence-corrected chi connectivity index (χ2v) is 5.43. The molecule has 0 aliphatic carbocycles. The van der Waals surface area contributed by atoms with E-state index in [1.54, 1.807) is 0 Å². The molecule has 0 rings (SSSR count). The molecule has 3 atom stereocenters. The van der Waals surface area contributed by atoms with Crippen LogP contribution in [0, 0.1) is 0 Å². The van der Waals surface area contributed by atoms with Crippen molar-refractivity contribution < 1.29 is 15.0 Å². The van der Waals surface area contributed by atoms with Gasteiger partial charge in [-0.2, -0.15) is 0 Å². The maximum absolute atomic E-state index is 10.2. The van der Waals surface area contributed by atoms with Gasteiger partial charge in [0, 0.05) is 0 Å². The summed E-state index contributed by atoms with van der Waals surface area (Å²) in [4.78, 5) is 10.2. The van der Waals surface area contributed by atoms with Crippen LogP contribution in [-0.4, -0.2) is 56.3 Å². The van der Waals surface area contributed by atoms with Crippen LogP contribution < -0.4 is 5.73 Å². The molecule has 0 saturated carbocycles. The summed E-state index contributed by atoms with van der Waals surface area (Å²) in [6, 6.07) is -0.395. The van der Waals surface area contributed by atoms with Crippen molar-refractivity contribution in [1.29, 1.82) is 0 Å². The Labute approximate surface area is 89.6 Å². The fourth-order valence-electron chi connectivity index (χ4n) is 1.03. The number of aliphatic carboxylic acids is 1. The number of rotatable bonds is 5. The molecule has 0 fully saturated rings. The van der Waals surface area contributed by atoms with Crippen LogP contribution in [0.25, 0.3) is 0 Å². The summed E-state index contributed by atoms with van der Waals surface area (Å²) in [5, 5.41) is 17.6. The molecule has 12 heavy (non-hydrogen) atoms. The van der Waals surface area contributed by atoms with E-state index < -0.39 is 18.1 Å². The van der Waals surface area contributed by atoms with Gasteiger partial charge in [-0.05, 0) is 0 Å². The molecule has 0 heterocycles. The van der Waals surface area contributed by atoms with Crippen molar-refractivity contribution in [1.82, 2.24) is 0 Å². The Bertz CT molecular complexity index is 152. The van der Waals surface area contributed by atoms with Crippen LogP contribution >= 0.6 is 0 Å². The van der Waals surface area contributed by atoms with Crippen molar-refractivity contribution in [3.63, 3.8) is 0 Å². The van der Waals surface area contributed by atoms with E-state index in [0.717, 1.165) is 27.9 Å². The first-order valence-corrected chi connectivity index (χ1v) is 5.24. The fourth-order valence-corrected chi connectivity index (χ4v) is 1.58. The summed E-state index contributed by atoms with van der Waals surface area (Å²) in [7, 11) is 0. The van der Waals surface area contributed by atoms with Gasteiger partial charge in [-0.1, -0.05) is 0 Å². The van der Waals surface area contributed by atoms with Gasteiger partial charge in [0.25, 0.3) is 0 Å². The number of nitrogens with two attached hydrogens (primary N) is 1. The maximum atomic E-state index is 10.2. The first kappa shape index (κ1) is 12.4. The molecule has 0 spiro atoms. The zero-order valence-corrected chi connectivity index (χ0v) is 9.53. The number of hydrogen-bond acceptors (Lipinski definition) is 3. The summed E-state index contributed by atoms with van der Waals surface area (Å²) in [5.74, 6) is -1.00. The van der Waals surface area contributed by atoms with Crippen LogP contribution in [0.1, 0.15) is 19.8 Å². The zero-order chi connectivity index (χ0) is 9.72. The van der Waals surface area contributed by atoms with Crippen molar-refractivity contribution in [3.05, 3.63) is 0 Å². The second kappa shape index (κ2) is 5.94. The van der Waals surface area contributed by atoms with Crippen LogP contribution in [0.5, 0.6) is 0 Å². The standard InChI is InChI=1S/C7H14NO3.Na/c1-2-3-5(8)6(9)4-7(10)11;/h2,5-6,9H,3-4,8H2,1H3,(H,10,11);/t5-,6-;/m0./s1. The van der Waals surface area contributed by atoms with Crippen LogP contribution in [0.2, 0.25) is 3.17 Å². The molecule has 4 nitrogen and oxygen atoms in total. The number of aliphatic hydroxyl groups is 1. The quantitative estimate of drug-likeness (QED) is 0.502. The first-order chi connectivity index (χ1) is 5.43. The Hall–Kier alpha value is 0.390. The molecule has 4 N–H and O–H groups in total. The van der Waals surface area contributed by atoms with Gasteiger partial charge in [0.15, 0.2) is 0 Å². The number of hydrogen-bond donors (Lipinski definition) is 3. The Morgan fingerprint density at radius 1 is 1.67 bits per heavy atom. The van der Waals surface area contributed by atoms with Crippen molar-refractivity contribution in [2.75, 3.05) is 0 Å². The van der Waals surface area contributed by atoms with Crippen molar-refractivity contribution in [3.8, 4) is 0 Å². The van der Waals surface area contributed by atoms with Gasteiger partial charge >= 0.3 is 89.7 Å². The van der Waals surface area contributed by atoms with E-state index in [0.29, 0.717) is 9.59 Å². The van der Waals surface area contributed by atoms with E-state index >= 15 is 0 Å². The molecular weight excluding hydrogens is 169 g/mol. The third kappa shape index (κ3) is 5.97. The monoisotopic (exact) mass is 183 g/mol. The van der Waals surface area contributed by atoms with Gasteiger partial charge in [-0.3, -0.25) is 0 Å². The number of carboxylic acid groups (broad SMARTS) is 1.